The van der Waals surface area contributed by atoms with Crippen molar-refractivity contribution < 1.29 is 9.85 Å². The molecule has 2 N–H and O–H groups in total. The lowest BCUT2D eigenvalue weighted by Gasteiger charge is -2.03. The van der Waals surface area contributed by atoms with Crippen molar-refractivity contribution in [2.75, 3.05) is 5.73 Å². The van der Waals surface area contributed by atoms with Crippen molar-refractivity contribution in [1.29, 1.82) is 0 Å². The van der Waals surface area contributed by atoms with Crippen molar-refractivity contribution >= 4 is 17.1 Å². The van der Waals surface area contributed by atoms with Gasteiger partial charge in [0.25, 0.3) is 11.4 Å². The maximum absolute atomic E-state index is 10.8. The van der Waals surface area contributed by atoms with E-state index in [1.165, 1.54) is 12.1 Å². The molecule has 0 unspecified atom stereocenters. The number of nitrogen functional groups attached to an aromatic ring is 1. The molecule has 0 spiro atoms. The van der Waals surface area contributed by atoms with E-state index in [4.69, 9.17) is 5.73 Å². The molecule has 0 atom stereocenters. The van der Waals surface area contributed by atoms with Gasteiger partial charge in [-0.3, -0.25) is 20.2 Å². The number of benzene rings is 2. The Morgan fingerprint density at radius 1 is 0.850 bits per heavy atom. The first-order valence-corrected chi connectivity index (χ1v) is 5.73. The van der Waals surface area contributed by atoms with Gasteiger partial charge in [0.1, 0.15) is 0 Å². The quantitative estimate of drug-likeness (QED) is 0.522. The Kier molecular flexibility index (Phi) is 3.60. The second kappa shape index (κ2) is 5.35. The third-order valence-electron chi connectivity index (χ3n) is 2.77. The van der Waals surface area contributed by atoms with Gasteiger partial charge in [0.2, 0.25) is 0 Å². The highest BCUT2D eigenvalue weighted by Gasteiger charge is 2.16. The molecule has 102 valence electrons. The molecule has 0 saturated carbocycles. The monoisotopic (exact) mass is 273 g/mol. The number of nitro benzene ring substituents is 2. The fourth-order valence-corrected chi connectivity index (χ4v) is 1.84. The predicted molar refractivity (Wildman–Crippen MR) is 73.4 cm³/mol. The van der Waals surface area contributed by atoms with Gasteiger partial charge in [-0.05, 0) is 29.7 Å². The maximum atomic E-state index is 10.8. The molecule has 0 aliphatic rings. The number of nitro groups is 2. The fraction of sp³-hybridized carbons (Fsp3) is 0.0769. The summed E-state index contributed by atoms with van der Waals surface area (Å²) in [6, 6.07) is 10.6. The van der Waals surface area contributed by atoms with E-state index < -0.39 is 9.85 Å². The second-order valence-corrected chi connectivity index (χ2v) is 4.29. The molecule has 2 rings (SSSR count). The lowest BCUT2D eigenvalue weighted by molar-refractivity contribution is -0.394. The molecule has 0 heterocycles. The fourth-order valence-electron chi connectivity index (χ4n) is 1.84. The van der Waals surface area contributed by atoms with E-state index in [1.807, 2.05) is 0 Å². The van der Waals surface area contributed by atoms with Crippen LogP contribution in [0.15, 0.2) is 42.5 Å². The molecule has 0 aliphatic heterocycles. The first-order valence-electron chi connectivity index (χ1n) is 5.73. The smallest absolute Gasteiger partial charge is 0.276 e. The van der Waals surface area contributed by atoms with Gasteiger partial charge in [-0.2, -0.15) is 0 Å². The zero-order chi connectivity index (χ0) is 14.7. The predicted octanol–water partition coefficient (Wildman–Crippen LogP) is 2.68. The largest absolute Gasteiger partial charge is 0.399 e. The molecule has 0 saturated heterocycles. The first kappa shape index (κ1) is 13.5. The van der Waals surface area contributed by atoms with E-state index in [0.717, 1.165) is 11.6 Å². The van der Waals surface area contributed by atoms with Gasteiger partial charge in [0.05, 0.1) is 15.9 Å². The minimum absolute atomic E-state index is 0.287. The molecule has 0 radical (unpaired) electrons. The van der Waals surface area contributed by atoms with E-state index >= 15 is 0 Å². The van der Waals surface area contributed by atoms with Crippen LogP contribution < -0.4 is 5.73 Å². The summed E-state index contributed by atoms with van der Waals surface area (Å²) in [6.45, 7) is 0. The molecular formula is C13H11N3O4. The Hall–Kier alpha value is -2.96. The molecule has 2 aromatic carbocycles. The van der Waals surface area contributed by atoms with Crippen LogP contribution in [-0.4, -0.2) is 9.85 Å². The number of non-ortho nitro benzene ring substituents is 2. The van der Waals surface area contributed by atoms with Gasteiger partial charge < -0.3 is 5.73 Å². The minimum Gasteiger partial charge on any atom is -0.399 e. The minimum atomic E-state index is -0.639. The number of nitrogens with two attached hydrogens (primary N) is 1. The van der Waals surface area contributed by atoms with Gasteiger partial charge >= 0.3 is 0 Å². The summed E-state index contributed by atoms with van der Waals surface area (Å²) >= 11 is 0. The van der Waals surface area contributed by atoms with Crippen molar-refractivity contribution in [3.8, 4) is 0 Å². The average Bonchev–Trinajstić information content (AvgIpc) is 2.41. The summed E-state index contributed by atoms with van der Waals surface area (Å²) < 4.78 is 0. The average molecular weight is 273 g/mol. The second-order valence-electron chi connectivity index (χ2n) is 4.29. The summed E-state index contributed by atoms with van der Waals surface area (Å²) in [5, 5.41) is 21.6. The first-order chi connectivity index (χ1) is 9.45. The molecule has 0 bridgehead atoms. The van der Waals surface area contributed by atoms with Crippen LogP contribution in [0.3, 0.4) is 0 Å². The maximum Gasteiger partial charge on any atom is 0.276 e. The van der Waals surface area contributed by atoms with Crippen molar-refractivity contribution in [2.24, 2.45) is 0 Å². The van der Waals surface area contributed by atoms with E-state index in [9.17, 15) is 20.2 Å². The van der Waals surface area contributed by atoms with Crippen LogP contribution >= 0.6 is 0 Å². The van der Waals surface area contributed by atoms with Crippen molar-refractivity contribution in [3.05, 3.63) is 73.8 Å². The lowest BCUT2D eigenvalue weighted by Crippen LogP contribution is -1.96. The van der Waals surface area contributed by atoms with Gasteiger partial charge in [0, 0.05) is 17.8 Å². The molecular weight excluding hydrogens is 262 g/mol. The highest BCUT2D eigenvalue weighted by molar-refractivity contribution is 5.48. The Morgan fingerprint density at radius 2 is 1.35 bits per heavy atom. The summed E-state index contributed by atoms with van der Waals surface area (Å²) in [7, 11) is 0. The zero-order valence-corrected chi connectivity index (χ0v) is 10.4. The molecule has 2 aromatic rings. The van der Waals surface area contributed by atoms with Gasteiger partial charge in [-0.1, -0.05) is 12.1 Å². The van der Waals surface area contributed by atoms with Gasteiger partial charge in [-0.15, -0.1) is 0 Å². The number of anilines is 1. The Morgan fingerprint density at radius 3 is 1.80 bits per heavy atom. The SMILES string of the molecule is Nc1ccc(Cc2cc([N+](=O)[O-])cc([N+](=O)[O-])c2)cc1. The molecule has 0 aliphatic carbocycles. The topological polar surface area (TPSA) is 112 Å². The summed E-state index contributed by atoms with van der Waals surface area (Å²) in [5.41, 5.74) is 6.98. The Labute approximate surface area is 113 Å². The summed E-state index contributed by atoms with van der Waals surface area (Å²) in [6.07, 6.45) is 0.364. The van der Waals surface area contributed by atoms with Crippen LogP contribution in [0.2, 0.25) is 0 Å². The van der Waals surface area contributed by atoms with Crippen LogP contribution in [0.4, 0.5) is 17.1 Å². The van der Waals surface area contributed by atoms with Gasteiger partial charge in [0.15, 0.2) is 0 Å². The normalized spacial score (nSPS) is 10.2. The third kappa shape index (κ3) is 3.08. The summed E-state index contributed by atoms with van der Waals surface area (Å²) in [5.74, 6) is 0. The van der Waals surface area contributed by atoms with Gasteiger partial charge in [-0.25, -0.2) is 0 Å². The molecule has 0 aromatic heterocycles. The standard InChI is InChI=1S/C13H11N3O4/c14-11-3-1-9(2-4-11)5-10-6-12(15(17)18)8-13(7-10)16(19)20/h1-4,6-8H,5,14H2. The van der Waals surface area contributed by atoms with E-state index in [0.29, 0.717) is 17.7 Å². The van der Waals surface area contributed by atoms with E-state index in [-0.39, 0.29) is 11.4 Å². The number of hydrogen-bond acceptors (Lipinski definition) is 5. The van der Waals surface area contributed by atoms with Crippen LogP contribution in [-0.2, 0) is 6.42 Å². The van der Waals surface area contributed by atoms with E-state index in [2.05, 4.69) is 0 Å². The number of hydrogen-bond donors (Lipinski definition) is 1. The van der Waals surface area contributed by atoms with E-state index in [1.54, 1.807) is 24.3 Å². The Bertz CT molecular complexity index is 636. The number of rotatable bonds is 4. The Balaban J connectivity index is 2.37. The van der Waals surface area contributed by atoms with Crippen molar-refractivity contribution in [2.45, 2.75) is 6.42 Å². The molecule has 7 heteroatoms. The molecule has 7 nitrogen and oxygen atoms in total. The highest BCUT2D eigenvalue weighted by atomic mass is 16.6. The number of nitrogens with zero attached hydrogens (tertiary/aromatic N) is 2. The van der Waals surface area contributed by atoms with Crippen molar-refractivity contribution in [3.63, 3.8) is 0 Å². The van der Waals surface area contributed by atoms with Crippen LogP contribution in [0, 0.1) is 20.2 Å². The highest BCUT2D eigenvalue weighted by Crippen LogP contribution is 2.24. The zero-order valence-electron chi connectivity index (χ0n) is 10.4. The summed E-state index contributed by atoms with van der Waals surface area (Å²) in [4.78, 5) is 20.3. The molecule has 20 heavy (non-hydrogen) atoms. The molecule has 0 fully saturated rings. The lowest BCUT2D eigenvalue weighted by atomic mass is 10.0. The van der Waals surface area contributed by atoms with Crippen LogP contribution in [0.25, 0.3) is 0 Å². The third-order valence-corrected chi connectivity index (χ3v) is 2.77. The van der Waals surface area contributed by atoms with Crippen molar-refractivity contribution in [1.82, 2.24) is 0 Å². The molecule has 0 amide bonds. The van der Waals surface area contributed by atoms with Crippen LogP contribution in [0.5, 0.6) is 0 Å². The van der Waals surface area contributed by atoms with Crippen LogP contribution in [0.1, 0.15) is 11.1 Å².